The van der Waals surface area contributed by atoms with E-state index in [-0.39, 0.29) is 11.9 Å². The first-order valence-corrected chi connectivity index (χ1v) is 7.50. The molecule has 0 saturated heterocycles. The quantitative estimate of drug-likeness (QED) is 0.749. The second-order valence-electron chi connectivity index (χ2n) is 5.47. The van der Waals surface area contributed by atoms with Crippen molar-refractivity contribution in [1.82, 2.24) is 5.32 Å². The van der Waals surface area contributed by atoms with E-state index >= 15 is 0 Å². The van der Waals surface area contributed by atoms with Crippen LogP contribution in [0.2, 0.25) is 0 Å². The first-order chi connectivity index (χ1) is 10.0. The van der Waals surface area contributed by atoms with Crippen molar-refractivity contribution in [3.8, 4) is 0 Å². The summed E-state index contributed by atoms with van der Waals surface area (Å²) in [6.07, 6.45) is 2.54. The van der Waals surface area contributed by atoms with Gasteiger partial charge in [0.15, 0.2) is 0 Å². The third-order valence-electron chi connectivity index (χ3n) is 3.24. The van der Waals surface area contributed by atoms with Crippen LogP contribution in [0.15, 0.2) is 30.3 Å². The Labute approximate surface area is 126 Å². The number of rotatable bonds is 8. The molecule has 0 bridgehead atoms. The van der Waals surface area contributed by atoms with Gasteiger partial charge in [0.2, 0.25) is 5.91 Å². The molecule has 0 aliphatic heterocycles. The average Bonchev–Trinajstić information content (AvgIpc) is 2.45. The highest BCUT2D eigenvalue weighted by Crippen LogP contribution is 2.08. The zero-order chi connectivity index (χ0) is 15.7. The van der Waals surface area contributed by atoms with E-state index in [4.69, 9.17) is 4.74 Å². The topological polar surface area (TPSA) is 55.4 Å². The largest absolute Gasteiger partial charge is 0.464 e. The molecule has 0 aliphatic rings. The van der Waals surface area contributed by atoms with Crippen molar-refractivity contribution < 1.29 is 14.3 Å². The summed E-state index contributed by atoms with van der Waals surface area (Å²) in [6, 6.07) is 8.98. The van der Waals surface area contributed by atoms with Crippen LogP contribution in [-0.4, -0.2) is 24.5 Å². The Balaban J connectivity index is 2.59. The molecule has 2 atom stereocenters. The Morgan fingerprint density at radius 3 is 2.48 bits per heavy atom. The number of hydrogen-bond acceptors (Lipinski definition) is 3. The van der Waals surface area contributed by atoms with Gasteiger partial charge in [-0.2, -0.15) is 0 Å². The molecule has 0 heterocycles. The van der Waals surface area contributed by atoms with Gasteiger partial charge >= 0.3 is 5.97 Å². The predicted molar refractivity (Wildman–Crippen MR) is 82.8 cm³/mol. The van der Waals surface area contributed by atoms with Gasteiger partial charge in [-0.15, -0.1) is 0 Å². The number of benzene rings is 1. The summed E-state index contributed by atoms with van der Waals surface area (Å²) in [5, 5.41) is 2.67. The van der Waals surface area contributed by atoms with Crippen LogP contribution in [0.5, 0.6) is 0 Å². The standard InChI is InChI=1S/C17H25NO3/c1-4-8-13(2)12-21-17(20)16(18-14(3)19)11-15-9-6-5-7-10-15/h5-7,9-10,13,16H,4,8,11-12H2,1-3H3,(H,18,19)/t13?,16-/m0/s1. The molecule has 21 heavy (non-hydrogen) atoms. The van der Waals surface area contributed by atoms with Gasteiger partial charge in [0.1, 0.15) is 6.04 Å². The summed E-state index contributed by atoms with van der Waals surface area (Å²) >= 11 is 0. The minimum absolute atomic E-state index is 0.227. The Kier molecular flexibility index (Phi) is 7.51. The van der Waals surface area contributed by atoms with Gasteiger partial charge in [-0.1, -0.05) is 50.6 Å². The summed E-state index contributed by atoms with van der Waals surface area (Å²) in [7, 11) is 0. The molecule has 116 valence electrons. The van der Waals surface area contributed by atoms with Crippen LogP contribution in [0.1, 0.15) is 39.2 Å². The second kappa shape index (κ2) is 9.16. The number of hydrogen-bond donors (Lipinski definition) is 1. The smallest absolute Gasteiger partial charge is 0.328 e. The first-order valence-electron chi connectivity index (χ1n) is 7.50. The number of carbonyl (C=O) groups excluding carboxylic acids is 2. The van der Waals surface area contributed by atoms with Crippen molar-refractivity contribution in [2.75, 3.05) is 6.61 Å². The van der Waals surface area contributed by atoms with Crippen LogP contribution in [-0.2, 0) is 20.7 Å². The molecule has 0 aliphatic carbocycles. The van der Waals surface area contributed by atoms with Crippen LogP contribution in [0.4, 0.5) is 0 Å². The molecule has 1 amide bonds. The van der Waals surface area contributed by atoms with Crippen LogP contribution in [0.25, 0.3) is 0 Å². The molecule has 1 aromatic rings. The van der Waals surface area contributed by atoms with Gasteiger partial charge in [0.05, 0.1) is 6.61 Å². The normalized spacial score (nSPS) is 13.3. The van der Waals surface area contributed by atoms with E-state index in [0.29, 0.717) is 18.9 Å². The van der Waals surface area contributed by atoms with Gasteiger partial charge in [-0.05, 0) is 17.9 Å². The zero-order valence-electron chi connectivity index (χ0n) is 13.1. The summed E-state index contributed by atoms with van der Waals surface area (Å²) in [5.41, 5.74) is 0.995. The highest BCUT2D eigenvalue weighted by atomic mass is 16.5. The number of esters is 1. The minimum atomic E-state index is -0.626. The van der Waals surface area contributed by atoms with Gasteiger partial charge in [0, 0.05) is 13.3 Å². The van der Waals surface area contributed by atoms with Crippen LogP contribution < -0.4 is 5.32 Å². The van der Waals surface area contributed by atoms with E-state index in [9.17, 15) is 9.59 Å². The minimum Gasteiger partial charge on any atom is -0.464 e. The maximum atomic E-state index is 12.2. The Hall–Kier alpha value is -1.84. The van der Waals surface area contributed by atoms with Crippen molar-refractivity contribution in [3.63, 3.8) is 0 Å². The Morgan fingerprint density at radius 1 is 1.24 bits per heavy atom. The molecule has 1 aromatic carbocycles. The molecule has 0 fully saturated rings. The second-order valence-corrected chi connectivity index (χ2v) is 5.47. The fraction of sp³-hybridized carbons (Fsp3) is 0.529. The molecular formula is C17H25NO3. The van der Waals surface area contributed by atoms with Crippen molar-refractivity contribution in [3.05, 3.63) is 35.9 Å². The van der Waals surface area contributed by atoms with Crippen molar-refractivity contribution >= 4 is 11.9 Å². The highest BCUT2D eigenvalue weighted by Gasteiger charge is 2.22. The van der Waals surface area contributed by atoms with Crippen molar-refractivity contribution in [2.45, 2.75) is 46.1 Å². The molecule has 0 spiro atoms. The lowest BCUT2D eigenvalue weighted by Gasteiger charge is -2.18. The van der Waals surface area contributed by atoms with E-state index in [1.807, 2.05) is 30.3 Å². The lowest BCUT2D eigenvalue weighted by atomic mass is 10.1. The lowest BCUT2D eigenvalue weighted by Crippen LogP contribution is -2.42. The van der Waals surface area contributed by atoms with Crippen molar-refractivity contribution in [2.24, 2.45) is 5.92 Å². The molecule has 4 heteroatoms. The molecule has 1 rings (SSSR count). The van der Waals surface area contributed by atoms with Gasteiger partial charge < -0.3 is 10.1 Å². The maximum absolute atomic E-state index is 12.2. The van der Waals surface area contributed by atoms with E-state index in [2.05, 4.69) is 19.2 Å². The number of ether oxygens (including phenoxy) is 1. The Morgan fingerprint density at radius 2 is 1.90 bits per heavy atom. The highest BCUT2D eigenvalue weighted by molar-refractivity contribution is 5.83. The Bertz CT molecular complexity index is 445. The van der Waals surface area contributed by atoms with Gasteiger partial charge in [0.25, 0.3) is 0 Å². The fourth-order valence-electron chi connectivity index (χ4n) is 2.19. The molecule has 4 nitrogen and oxygen atoms in total. The molecule has 1 unspecified atom stereocenters. The molecule has 1 N–H and O–H groups in total. The SMILES string of the molecule is CCCC(C)COC(=O)[C@H](Cc1ccccc1)NC(C)=O. The maximum Gasteiger partial charge on any atom is 0.328 e. The third-order valence-corrected chi connectivity index (χ3v) is 3.24. The average molecular weight is 291 g/mol. The van der Waals surface area contributed by atoms with Gasteiger partial charge in [-0.25, -0.2) is 4.79 Å². The summed E-state index contributed by atoms with van der Waals surface area (Å²) in [4.78, 5) is 23.4. The van der Waals surface area contributed by atoms with Crippen LogP contribution >= 0.6 is 0 Å². The van der Waals surface area contributed by atoms with Crippen molar-refractivity contribution in [1.29, 1.82) is 0 Å². The summed E-state index contributed by atoms with van der Waals surface area (Å²) in [6.45, 7) is 5.97. The van der Waals surface area contributed by atoms with E-state index in [1.54, 1.807) is 0 Å². The third kappa shape index (κ3) is 6.93. The molecule has 0 radical (unpaired) electrons. The molecule has 0 saturated carbocycles. The van der Waals surface area contributed by atoms with E-state index < -0.39 is 6.04 Å². The van der Waals surface area contributed by atoms with E-state index in [1.165, 1.54) is 6.92 Å². The molecule has 0 aromatic heterocycles. The first kappa shape index (κ1) is 17.2. The predicted octanol–water partition coefficient (Wildman–Crippen LogP) is 2.71. The monoisotopic (exact) mass is 291 g/mol. The fourth-order valence-corrected chi connectivity index (χ4v) is 2.19. The zero-order valence-corrected chi connectivity index (χ0v) is 13.1. The van der Waals surface area contributed by atoms with Gasteiger partial charge in [-0.3, -0.25) is 4.79 Å². The lowest BCUT2D eigenvalue weighted by molar-refractivity contribution is -0.148. The number of carbonyl (C=O) groups is 2. The summed E-state index contributed by atoms with van der Waals surface area (Å²) < 4.78 is 5.34. The summed E-state index contributed by atoms with van der Waals surface area (Å²) in [5.74, 6) is -0.250. The number of amides is 1. The molecular weight excluding hydrogens is 266 g/mol. The number of nitrogens with one attached hydrogen (secondary N) is 1. The van der Waals surface area contributed by atoms with Crippen LogP contribution in [0.3, 0.4) is 0 Å². The van der Waals surface area contributed by atoms with E-state index in [0.717, 1.165) is 18.4 Å². The van der Waals surface area contributed by atoms with Crippen LogP contribution in [0, 0.1) is 5.92 Å².